The average Bonchev–Trinajstić information content (AvgIpc) is 2.52. The highest BCUT2D eigenvalue weighted by Crippen LogP contribution is 2.24. The maximum absolute atomic E-state index is 12.4. The monoisotopic (exact) mass is 416 g/mol. The zero-order chi connectivity index (χ0) is 17.7. The second kappa shape index (κ2) is 8.45. The first-order chi connectivity index (χ1) is 11.3. The Kier molecular flexibility index (Phi) is 6.83. The predicted octanol–water partition coefficient (Wildman–Crippen LogP) is 3.22. The number of carbonyl (C=O) groups is 1. The zero-order valence-electron chi connectivity index (χ0n) is 14.2. The molecule has 2 rings (SSSR count). The van der Waals surface area contributed by atoms with E-state index < -0.39 is 10.0 Å². The van der Waals surface area contributed by atoms with Gasteiger partial charge in [0.05, 0.1) is 18.8 Å². The molecule has 1 fully saturated rings. The molecule has 1 aromatic carbocycles. The molecule has 0 bridgehead atoms. The van der Waals surface area contributed by atoms with Crippen LogP contribution in [0.5, 0.6) is 0 Å². The van der Waals surface area contributed by atoms with E-state index >= 15 is 0 Å². The van der Waals surface area contributed by atoms with Gasteiger partial charge in [-0.1, -0.05) is 47.3 Å². The fourth-order valence-electron chi connectivity index (χ4n) is 3.17. The SMILES string of the molecule is C[C@H](NC(=O)CN(C1CCCCC1)S(C)(=O)=O)c1cccc(Br)c1. The van der Waals surface area contributed by atoms with Gasteiger partial charge in [-0.2, -0.15) is 4.31 Å². The van der Waals surface area contributed by atoms with Crippen LogP contribution in [0.2, 0.25) is 0 Å². The van der Waals surface area contributed by atoms with Gasteiger partial charge < -0.3 is 5.32 Å². The number of hydrogen-bond donors (Lipinski definition) is 1. The maximum atomic E-state index is 12.4. The highest BCUT2D eigenvalue weighted by atomic mass is 79.9. The Morgan fingerprint density at radius 3 is 2.58 bits per heavy atom. The van der Waals surface area contributed by atoms with Crippen molar-refractivity contribution in [3.63, 3.8) is 0 Å². The van der Waals surface area contributed by atoms with Crippen molar-refractivity contribution in [2.45, 2.75) is 51.1 Å². The van der Waals surface area contributed by atoms with Crippen LogP contribution in [-0.2, 0) is 14.8 Å². The summed E-state index contributed by atoms with van der Waals surface area (Å²) in [6, 6.07) is 7.48. The van der Waals surface area contributed by atoms with Crippen LogP contribution in [0.15, 0.2) is 28.7 Å². The van der Waals surface area contributed by atoms with E-state index in [1.165, 1.54) is 10.6 Å². The first-order valence-corrected chi connectivity index (χ1v) is 10.9. The van der Waals surface area contributed by atoms with Gasteiger partial charge in [-0.3, -0.25) is 4.79 Å². The van der Waals surface area contributed by atoms with Crippen LogP contribution in [0.25, 0.3) is 0 Å². The number of carbonyl (C=O) groups excluding carboxylic acids is 1. The van der Waals surface area contributed by atoms with Gasteiger partial charge in [0.25, 0.3) is 0 Å². The lowest BCUT2D eigenvalue weighted by atomic mass is 9.95. The van der Waals surface area contributed by atoms with E-state index in [9.17, 15) is 13.2 Å². The lowest BCUT2D eigenvalue weighted by Gasteiger charge is -2.32. The summed E-state index contributed by atoms with van der Waals surface area (Å²) in [6.45, 7) is 1.78. The van der Waals surface area contributed by atoms with Crippen molar-refractivity contribution in [3.05, 3.63) is 34.3 Å². The Labute approximate surface area is 153 Å². The fourth-order valence-corrected chi connectivity index (χ4v) is 4.70. The van der Waals surface area contributed by atoms with Crippen molar-refractivity contribution < 1.29 is 13.2 Å². The molecule has 0 aromatic heterocycles. The van der Waals surface area contributed by atoms with Gasteiger partial charge in [0, 0.05) is 10.5 Å². The second-order valence-corrected chi connectivity index (χ2v) is 9.29. The van der Waals surface area contributed by atoms with Crippen LogP contribution in [-0.4, -0.2) is 37.5 Å². The standard InChI is InChI=1S/C17H25BrN2O3S/c1-13(14-7-6-8-15(18)11-14)19-17(21)12-20(24(2,22)23)16-9-4-3-5-10-16/h6-8,11,13,16H,3-5,9-10,12H2,1-2H3,(H,19,21)/t13-/m0/s1. The van der Waals surface area contributed by atoms with Crippen molar-refractivity contribution in [3.8, 4) is 0 Å². The molecule has 0 radical (unpaired) electrons. The van der Waals surface area contributed by atoms with E-state index in [1.807, 2.05) is 31.2 Å². The molecular formula is C17H25BrN2O3S. The molecule has 1 aromatic rings. The predicted molar refractivity (Wildman–Crippen MR) is 99.1 cm³/mol. The Morgan fingerprint density at radius 2 is 2.00 bits per heavy atom. The molecule has 1 amide bonds. The summed E-state index contributed by atoms with van der Waals surface area (Å²) in [5, 5.41) is 2.90. The lowest BCUT2D eigenvalue weighted by Crippen LogP contribution is -2.46. The summed E-state index contributed by atoms with van der Waals surface area (Å²) in [5.74, 6) is -0.265. The third kappa shape index (κ3) is 5.57. The van der Waals surface area contributed by atoms with E-state index in [0.29, 0.717) is 0 Å². The summed E-state index contributed by atoms with van der Waals surface area (Å²) in [4.78, 5) is 12.4. The first kappa shape index (κ1) is 19.4. The zero-order valence-corrected chi connectivity index (χ0v) is 16.6. The molecule has 0 spiro atoms. The molecular weight excluding hydrogens is 392 g/mol. The molecule has 1 aliphatic carbocycles. The van der Waals surface area contributed by atoms with Crippen LogP contribution >= 0.6 is 15.9 Å². The largest absolute Gasteiger partial charge is 0.348 e. The highest BCUT2D eigenvalue weighted by molar-refractivity contribution is 9.10. The Morgan fingerprint density at radius 1 is 1.33 bits per heavy atom. The molecule has 1 atom stereocenters. The molecule has 1 N–H and O–H groups in total. The Bertz CT molecular complexity index is 672. The average molecular weight is 417 g/mol. The smallest absolute Gasteiger partial charge is 0.235 e. The Hall–Kier alpha value is -0.920. The van der Waals surface area contributed by atoms with Crippen molar-refractivity contribution >= 4 is 31.9 Å². The van der Waals surface area contributed by atoms with Gasteiger partial charge >= 0.3 is 0 Å². The molecule has 5 nitrogen and oxygen atoms in total. The highest BCUT2D eigenvalue weighted by Gasteiger charge is 2.30. The van der Waals surface area contributed by atoms with Crippen molar-refractivity contribution in [1.82, 2.24) is 9.62 Å². The summed E-state index contributed by atoms with van der Waals surface area (Å²) >= 11 is 3.41. The topological polar surface area (TPSA) is 66.5 Å². The molecule has 1 saturated carbocycles. The Balaban J connectivity index is 2.02. The van der Waals surface area contributed by atoms with Crippen LogP contribution in [0.4, 0.5) is 0 Å². The quantitative estimate of drug-likeness (QED) is 0.773. The van der Waals surface area contributed by atoms with Crippen molar-refractivity contribution in [1.29, 1.82) is 0 Å². The van der Waals surface area contributed by atoms with E-state index in [2.05, 4.69) is 21.2 Å². The molecule has 7 heteroatoms. The van der Waals surface area contributed by atoms with Gasteiger partial charge in [0.2, 0.25) is 15.9 Å². The van der Waals surface area contributed by atoms with Gasteiger partial charge in [-0.05, 0) is 37.5 Å². The summed E-state index contributed by atoms with van der Waals surface area (Å²) < 4.78 is 26.5. The summed E-state index contributed by atoms with van der Waals surface area (Å²) in [7, 11) is -3.40. The van der Waals surface area contributed by atoms with Crippen molar-refractivity contribution in [2.24, 2.45) is 0 Å². The van der Waals surface area contributed by atoms with Crippen molar-refractivity contribution in [2.75, 3.05) is 12.8 Å². The number of benzene rings is 1. The fraction of sp³-hybridized carbons (Fsp3) is 0.588. The normalized spacial score (nSPS) is 17.7. The van der Waals surface area contributed by atoms with E-state index in [0.717, 1.165) is 42.1 Å². The minimum Gasteiger partial charge on any atom is -0.348 e. The number of hydrogen-bond acceptors (Lipinski definition) is 3. The van der Waals surface area contributed by atoms with Crippen LogP contribution in [0.1, 0.15) is 50.6 Å². The van der Waals surface area contributed by atoms with Gasteiger partial charge in [-0.15, -0.1) is 0 Å². The van der Waals surface area contributed by atoms with E-state index in [-0.39, 0.29) is 24.5 Å². The minimum atomic E-state index is -3.40. The molecule has 0 unspecified atom stereocenters. The minimum absolute atomic E-state index is 0.0549. The molecule has 0 heterocycles. The maximum Gasteiger partial charge on any atom is 0.235 e. The molecule has 134 valence electrons. The molecule has 0 aliphatic heterocycles. The number of halogens is 1. The number of nitrogens with one attached hydrogen (secondary N) is 1. The molecule has 0 saturated heterocycles. The van der Waals surface area contributed by atoms with Gasteiger partial charge in [0.15, 0.2) is 0 Å². The summed E-state index contributed by atoms with van der Waals surface area (Å²) in [5.41, 5.74) is 0.973. The molecule has 1 aliphatic rings. The van der Waals surface area contributed by atoms with E-state index in [4.69, 9.17) is 0 Å². The number of amides is 1. The van der Waals surface area contributed by atoms with Gasteiger partial charge in [-0.25, -0.2) is 8.42 Å². The first-order valence-electron chi connectivity index (χ1n) is 8.29. The van der Waals surface area contributed by atoms with E-state index in [1.54, 1.807) is 0 Å². The third-order valence-electron chi connectivity index (χ3n) is 4.43. The van der Waals surface area contributed by atoms with Crippen LogP contribution < -0.4 is 5.32 Å². The second-order valence-electron chi connectivity index (χ2n) is 6.44. The molecule has 24 heavy (non-hydrogen) atoms. The third-order valence-corrected chi connectivity index (χ3v) is 6.21. The van der Waals surface area contributed by atoms with Crippen LogP contribution in [0.3, 0.4) is 0 Å². The van der Waals surface area contributed by atoms with Crippen LogP contribution in [0, 0.1) is 0 Å². The lowest BCUT2D eigenvalue weighted by molar-refractivity contribution is -0.122. The number of rotatable bonds is 6. The summed E-state index contributed by atoms with van der Waals surface area (Å²) in [6.07, 6.45) is 6.04. The van der Waals surface area contributed by atoms with Gasteiger partial charge in [0.1, 0.15) is 0 Å². The number of nitrogens with zero attached hydrogens (tertiary/aromatic N) is 1. The number of sulfonamides is 1.